The Morgan fingerprint density at radius 1 is 1.12 bits per heavy atom. The number of hydrogen-bond acceptors (Lipinski definition) is 3. The number of rotatable bonds is 7. The summed E-state index contributed by atoms with van der Waals surface area (Å²) in [5.41, 5.74) is 3.32. The van der Waals surface area contributed by atoms with Crippen LogP contribution >= 0.6 is 0 Å². The molecule has 0 saturated heterocycles. The van der Waals surface area contributed by atoms with E-state index in [1.54, 1.807) is 31.2 Å². The van der Waals surface area contributed by atoms with Gasteiger partial charge >= 0.3 is 5.97 Å². The number of nitrogens with one attached hydrogen (secondary N) is 1. The summed E-state index contributed by atoms with van der Waals surface area (Å²) < 4.78 is 5.72. The summed E-state index contributed by atoms with van der Waals surface area (Å²) in [7, 11) is 0. The summed E-state index contributed by atoms with van der Waals surface area (Å²) in [6.45, 7) is 7.63. The fourth-order valence-corrected chi connectivity index (χ4v) is 2.61. The molecule has 0 aromatic heterocycles. The van der Waals surface area contributed by atoms with Gasteiger partial charge in [0.15, 0.2) is 6.61 Å². The van der Waals surface area contributed by atoms with Crippen LogP contribution in [0.15, 0.2) is 42.5 Å². The number of carbonyl (C=O) groups excluding carboxylic acids is 1. The third-order valence-corrected chi connectivity index (χ3v) is 4.19. The Bertz CT molecular complexity index is 798. The number of aliphatic carboxylic acids is 1. The molecule has 0 aliphatic carbocycles. The molecular weight excluding hydrogens is 330 g/mol. The van der Waals surface area contributed by atoms with E-state index in [2.05, 4.69) is 19.2 Å². The molecular formula is C21H25NO4. The number of ether oxygens (including phenoxy) is 1. The highest BCUT2D eigenvalue weighted by Crippen LogP contribution is 2.27. The van der Waals surface area contributed by atoms with Gasteiger partial charge in [-0.1, -0.05) is 38.1 Å². The Morgan fingerprint density at radius 2 is 1.85 bits per heavy atom. The molecule has 2 rings (SSSR count). The molecule has 0 radical (unpaired) electrons. The van der Waals surface area contributed by atoms with E-state index >= 15 is 0 Å². The molecule has 2 aromatic carbocycles. The Kier molecular flexibility index (Phi) is 6.39. The molecule has 0 spiro atoms. The standard InChI is InChI=1S/C21H25NO4/c1-13(2)18-9-8-14(3)10-19(18)26-12-20(23)22-17-7-5-6-16(11-17)15(4)21(24)25/h5-11,13,15H,12H2,1-4H3,(H,22,23)(H,24,25). The summed E-state index contributed by atoms with van der Waals surface area (Å²) in [6, 6.07) is 12.8. The van der Waals surface area contributed by atoms with Gasteiger partial charge < -0.3 is 15.2 Å². The van der Waals surface area contributed by atoms with Gasteiger partial charge in [0.25, 0.3) is 5.91 Å². The summed E-state index contributed by atoms with van der Waals surface area (Å²) in [4.78, 5) is 23.3. The monoisotopic (exact) mass is 355 g/mol. The molecule has 5 heteroatoms. The number of benzene rings is 2. The van der Waals surface area contributed by atoms with Gasteiger partial charge in [-0.2, -0.15) is 0 Å². The van der Waals surface area contributed by atoms with E-state index in [9.17, 15) is 9.59 Å². The number of carboxylic acids is 1. The topological polar surface area (TPSA) is 75.6 Å². The molecule has 0 aliphatic heterocycles. The Labute approximate surface area is 154 Å². The average molecular weight is 355 g/mol. The van der Waals surface area contributed by atoms with Crippen LogP contribution in [0.2, 0.25) is 0 Å². The van der Waals surface area contributed by atoms with Crippen LogP contribution in [-0.4, -0.2) is 23.6 Å². The van der Waals surface area contributed by atoms with Crippen molar-refractivity contribution in [3.8, 4) is 5.75 Å². The number of amides is 1. The zero-order valence-electron chi connectivity index (χ0n) is 15.6. The van der Waals surface area contributed by atoms with Crippen LogP contribution < -0.4 is 10.1 Å². The fourth-order valence-electron chi connectivity index (χ4n) is 2.61. The molecule has 26 heavy (non-hydrogen) atoms. The van der Waals surface area contributed by atoms with Gasteiger partial charge in [0, 0.05) is 5.69 Å². The fraction of sp³-hybridized carbons (Fsp3) is 0.333. The van der Waals surface area contributed by atoms with Crippen molar-refractivity contribution in [2.24, 2.45) is 0 Å². The predicted molar refractivity (Wildman–Crippen MR) is 102 cm³/mol. The van der Waals surface area contributed by atoms with Gasteiger partial charge in [-0.25, -0.2) is 0 Å². The van der Waals surface area contributed by atoms with E-state index in [0.29, 0.717) is 22.9 Å². The van der Waals surface area contributed by atoms with Crippen LogP contribution in [0.3, 0.4) is 0 Å². The van der Waals surface area contributed by atoms with Crippen LogP contribution in [-0.2, 0) is 9.59 Å². The van der Waals surface area contributed by atoms with E-state index in [4.69, 9.17) is 9.84 Å². The van der Waals surface area contributed by atoms with Crippen LogP contribution in [0.25, 0.3) is 0 Å². The number of anilines is 1. The summed E-state index contributed by atoms with van der Waals surface area (Å²) in [5.74, 6) is -0.825. The van der Waals surface area contributed by atoms with E-state index in [1.165, 1.54) is 0 Å². The lowest BCUT2D eigenvalue weighted by molar-refractivity contribution is -0.138. The molecule has 0 heterocycles. The Balaban J connectivity index is 2.03. The summed E-state index contributed by atoms with van der Waals surface area (Å²) >= 11 is 0. The lowest BCUT2D eigenvalue weighted by Gasteiger charge is -2.15. The highest BCUT2D eigenvalue weighted by molar-refractivity contribution is 5.92. The van der Waals surface area contributed by atoms with Crippen LogP contribution in [0.5, 0.6) is 5.75 Å². The first-order chi connectivity index (χ1) is 12.3. The molecule has 5 nitrogen and oxygen atoms in total. The van der Waals surface area contributed by atoms with Crippen molar-refractivity contribution in [3.05, 3.63) is 59.2 Å². The van der Waals surface area contributed by atoms with Gasteiger partial charge in [-0.05, 0) is 54.7 Å². The normalized spacial score (nSPS) is 11.9. The second-order valence-electron chi connectivity index (χ2n) is 6.72. The molecule has 0 bridgehead atoms. The van der Waals surface area contributed by atoms with E-state index in [0.717, 1.165) is 11.1 Å². The summed E-state index contributed by atoms with van der Waals surface area (Å²) in [6.07, 6.45) is 0. The van der Waals surface area contributed by atoms with Crippen molar-refractivity contribution >= 4 is 17.6 Å². The molecule has 2 N–H and O–H groups in total. The van der Waals surface area contributed by atoms with Gasteiger partial charge in [0.1, 0.15) is 5.75 Å². The maximum absolute atomic E-state index is 12.2. The quantitative estimate of drug-likeness (QED) is 0.775. The molecule has 2 aromatic rings. The third-order valence-electron chi connectivity index (χ3n) is 4.19. The number of carbonyl (C=O) groups is 2. The Hall–Kier alpha value is -2.82. The minimum Gasteiger partial charge on any atom is -0.483 e. The van der Waals surface area contributed by atoms with E-state index in [1.807, 2.05) is 25.1 Å². The first-order valence-electron chi connectivity index (χ1n) is 8.64. The van der Waals surface area contributed by atoms with Gasteiger partial charge in [0.05, 0.1) is 5.92 Å². The van der Waals surface area contributed by atoms with E-state index < -0.39 is 11.9 Å². The zero-order valence-corrected chi connectivity index (χ0v) is 15.6. The molecule has 0 saturated carbocycles. The smallest absolute Gasteiger partial charge is 0.310 e. The van der Waals surface area contributed by atoms with Crippen LogP contribution in [0, 0.1) is 6.92 Å². The second kappa shape index (κ2) is 8.52. The van der Waals surface area contributed by atoms with Crippen LogP contribution in [0.1, 0.15) is 49.3 Å². The largest absolute Gasteiger partial charge is 0.483 e. The lowest BCUT2D eigenvalue weighted by atomic mass is 10.0. The minimum absolute atomic E-state index is 0.109. The average Bonchev–Trinajstić information content (AvgIpc) is 2.59. The third kappa shape index (κ3) is 5.09. The van der Waals surface area contributed by atoms with Crippen molar-refractivity contribution in [1.29, 1.82) is 0 Å². The van der Waals surface area contributed by atoms with Crippen molar-refractivity contribution in [1.82, 2.24) is 0 Å². The van der Waals surface area contributed by atoms with Crippen molar-refractivity contribution in [2.45, 2.75) is 39.5 Å². The predicted octanol–water partition coefficient (Wildman–Crippen LogP) is 4.32. The van der Waals surface area contributed by atoms with Gasteiger partial charge in [-0.3, -0.25) is 9.59 Å². The number of aryl methyl sites for hydroxylation is 1. The maximum Gasteiger partial charge on any atom is 0.310 e. The molecule has 1 unspecified atom stereocenters. The van der Waals surface area contributed by atoms with E-state index in [-0.39, 0.29) is 12.5 Å². The second-order valence-corrected chi connectivity index (χ2v) is 6.72. The molecule has 0 fully saturated rings. The first-order valence-corrected chi connectivity index (χ1v) is 8.64. The maximum atomic E-state index is 12.2. The van der Waals surface area contributed by atoms with Gasteiger partial charge in [-0.15, -0.1) is 0 Å². The lowest BCUT2D eigenvalue weighted by Crippen LogP contribution is -2.21. The number of carboxylic acid groups (broad SMARTS) is 1. The number of hydrogen-bond donors (Lipinski definition) is 2. The van der Waals surface area contributed by atoms with Crippen LogP contribution in [0.4, 0.5) is 5.69 Å². The van der Waals surface area contributed by atoms with Crippen molar-refractivity contribution in [3.63, 3.8) is 0 Å². The van der Waals surface area contributed by atoms with Crippen molar-refractivity contribution in [2.75, 3.05) is 11.9 Å². The minimum atomic E-state index is -0.905. The van der Waals surface area contributed by atoms with Crippen molar-refractivity contribution < 1.29 is 19.4 Å². The molecule has 138 valence electrons. The SMILES string of the molecule is Cc1ccc(C(C)C)c(OCC(=O)Nc2cccc(C(C)C(=O)O)c2)c1. The first kappa shape index (κ1) is 19.5. The highest BCUT2D eigenvalue weighted by Gasteiger charge is 2.15. The van der Waals surface area contributed by atoms with Gasteiger partial charge in [0.2, 0.25) is 0 Å². The molecule has 0 aliphatic rings. The Morgan fingerprint density at radius 3 is 2.50 bits per heavy atom. The molecule has 1 atom stereocenters. The summed E-state index contributed by atoms with van der Waals surface area (Å²) in [5, 5.41) is 11.9. The zero-order chi connectivity index (χ0) is 19.3. The highest BCUT2D eigenvalue weighted by atomic mass is 16.5. The molecule has 1 amide bonds.